The van der Waals surface area contributed by atoms with Crippen molar-refractivity contribution in [3.8, 4) is 5.75 Å². The number of carbonyl (C=O) groups is 1. The maximum Gasteiger partial charge on any atom is 0.157 e. The van der Waals surface area contributed by atoms with Crippen molar-refractivity contribution in [1.82, 2.24) is 0 Å². The SMILES string of the molecule is CC(C)=CC/C=C(\C)CC(=O)C1CCC2(CO)C(/C(C)=N/Oc3ccccc3)C12.NN. The summed E-state index contributed by atoms with van der Waals surface area (Å²) < 4.78 is 0. The number of nitrogens with zero attached hydrogens (tertiary/aromatic N) is 1. The average molecular weight is 428 g/mol. The molecule has 1 aromatic carbocycles. The Balaban J connectivity index is 0.00000166. The van der Waals surface area contributed by atoms with Crippen LogP contribution in [-0.2, 0) is 4.79 Å². The quantitative estimate of drug-likeness (QED) is 0.237. The van der Waals surface area contributed by atoms with E-state index in [1.54, 1.807) is 0 Å². The van der Waals surface area contributed by atoms with E-state index in [1.165, 1.54) is 5.57 Å². The van der Waals surface area contributed by atoms with Crippen molar-refractivity contribution >= 4 is 11.5 Å². The molecular weight excluding hydrogens is 390 g/mol. The smallest absolute Gasteiger partial charge is 0.157 e. The van der Waals surface area contributed by atoms with Crippen molar-refractivity contribution in [2.75, 3.05) is 6.61 Å². The summed E-state index contributed by atoms with van der Waals surface area (Å²) in [5, 5.41) is 14.4. The van der Waals surface area contributed by atoms with Gasteiger partial charge < -0.3 is 9.94 Å². The van der Waals surface area contributed by atoms with Crippen molar-refractivity contribution < 1.29 is 14.7 Å². The van der Waals surface area contributed by atoms with Gasteiger partial charge in [-0.3, -0.25) is 16.5 Å². The first kappa shape index (κ1) is 25.0. The number of oxime groups is 1. The molecule has 2 aliphatic rings. The minimum Gasteiger partial charge on any atom is -0.396 e. The Kier molecular flexibility index (Phi) is 9.16. The van der Waals surface area contributed by atoms with E-state index < -0.39 is 0 Å². The first-order valence-corrected chi connectivity index (χ1v) is 10.9. The van der Waals surface area contributed by atoms with Crippen molar-refractivity contribution in [2.45, 2.75) is 53.4 Å². The summed E-state index contributed by atoms with van der Waals surface area (Å²) in [7, 11) is 0. The number of aliphatic hydroxyl groups is 1. The Morgan fingerprint density at radius 1 is 1.19 bits per heavy atom. The summed E-state index contributed by atoms with van der Waals surface area (Å²) in [6, 6.07) is 9.47. The number of allylic oxidation sites excluding steroid dienone is 4. The number of Topliss-reactive ketones (excluding diaryl/α,β-unsaturated/α-hetero) is 1. The van der Waals surface area contributed by atoms with Crippen molar-refractivity contribution in [3.05, 3.63) is 53.6 Å². The molecular formula is C25H37N3O3. The standard InChI is InChI=1S/C25H33NO3.H4N2/c1-17(2)9-8-10-18(3)15-22(28)21-13-14-25(16-27)23(24(21)25)19(4)26-29-20-11-6-5-7-12-20;1-2/h5-7,9-12,21,23-24,27H,8,13-16H2,1-4H3;1-2H2/b18-10+,26-19+;. The van der Waals surface area contributed by atoms with Gasteiger partial charge in [0.05, 0.1) is 5.71 Å². The second-order valence-electron chi connectivity index (χ2n) is 8.89. The zero-order chi connectivity index (χ0) is 23.0. The van der Waals surface area contributed by atoms with E-state index in [0.717, 1.165) is 30.5 Å². The predicted molar refractivity (Wildman–Crippen MR) is 125 cm³/mol. The number of para-hydroxylation sites is 1. The number of hydrazine groups is 1. The van der Waals surface area contributed by atoms with Crippen LogP contribution in [0.3, 0.4) is 0 Å². The first-order chi connectivity index (χ1) is 14.9. The van der Waals surface area contributed by atoms with Crippen LogP contribution in [0.15, 0.2) is 58.8 Å². The third kappa shape index (κ3) is 5.91. The number of hydrogen-bond acceptors (Lipinski definition) is 6. The molecule has 3 rings (SSSR count). The molecule has 0 radical (unpaired) electrons. The van der Waals surface area contributed by atoms with Gasteiger partial charge in [-0.2, -0.15) is 0 Å². The molecule has 31 heavy (non-hydrogen) atoms. The molecule has 0 aliphatic heterocycles. The zero-order valence-corrected chi connectivity index (χ0v) is 19.2. The van der Waals surface area contributed by atoms with Crippen LogP contribution < -0.4 is 16.5 Å². The third-order valence-corrected chi connectivity index (χ3v) is 6.53. The number of aliphatic hydroxyl groups excluding tert-OH is 1. The lowest BCUT2D eigenvalue weighted by molar-refractivity contribution is -0.122. The van der Waals surface area contributed by atoms with Gasteiger partial charge in [0.2, 0.25) is 0 Å². The Morgan fingerprint density at radius 3 is 2.48 bits per heavy atom. The molecule has 2 aliphatic carbocycles. The molecule has 0 aromatic heterocycles. The Labute approximate surface area is 186 Å². The van der Waals surface area contributed by atoms with Gasteiger partial charge in [-0.15, -0.1) is 0 Å². The lowest BCUT2D eigenvalue weighted by Crippen LogP contribution is -2.18. The third-order valence-electron chi connectivity index (χ3n) is 6.53. The molecule has 0 bridgehead atoms. The molecule has 5 N–H and O–H groups in total. The van der Waals surface area contributed by atoms with Crippen molar-refractivity contribution in [3.63, 3.8) is 0 Å². The number of carbonyl (C=O) groups excluding carboxylic acids is 1. The molecule has 1 aromatic rings. The number of rotatable bonds is 9. The largest absolute Gasteiger partial charge is 0.396 e. The molecule has 6 heteroatoms. The second kappa shape index (κ2) is 11.4. The number of fused-ring (bicyclic) bond motifs is 1. The van der Waals surface area contributed by atoms with E-state index in [-0.39, 0.29) is 29.8 Å². The van der Waals surface area contributed by atoms with Crippen molar-refractivity contribution in [2.24, 2.45) is 40.0 Å². The zero-order valence-electron chi connectivity index (χ0n) is 19.2. The number of benzene rings is 1. The van der Waals surface area contributed by atoms with E-state index in [0.29, 0.717) is 18.0 Å². The van der Waals surface area contributed by atoms with Gasteiger partial charge in [0, 0.05) is 30.3 Å². The van der Waals surface area contributed by atoms with Crippen LogP contribution in [0, 0.1) is 23.2 Å². The topological polar surface area (TPSA) is 111 Å². The maximum absolute atomic E-state index is 13.0. The van der Waals surface area contributed by atoms with Gasteiger partial charge in [0.15, 0.2) is 5.75 Å². The van der Waals surface area contributed by atoms with Crippen LogP contribution >= 0.6 is 0 Å². The normalized spacial score (nSPS) is 27.0. The van der Waals surface area contributed by atoms with Crippen LogP contribution in [-0.4, -0.2) is 23.2 Å². The highest BCUT2D eigenvalue weighted by atomic mass is 16.6. The Hall–Kier alpha value is -2.28. The van der Waals surface area contributed by atoms with Gasteiger partial charge in [0.1, 0.15) is 5.78 Å². The maximum atomic E-state index is 13.0. The molecule has 0 amide bonds. The van der Waals surface area contributed by atoms with Gasteiger partial charge in [-0.25, -0.2) is 0 Å². The fourth-order valence-electron chi connectivity index (χ4n) is 5.04. The predicted octanol–water partition coefficient (Wildman–Crippen LogP) is 4.16. The highest BCUT2D eigenvalue weighted by molar-refractivity contribution is 5.92. The average Bonchev–Trinajstić information content (AvgIpc) is 3.27. The summed E-state index contributed by atoms with van der Waals surface area (Å²) in [6.45, 7) is 8.27. The minimum atomic E-state index is -0.187. The van der Waals surface area contributed by atoms with E-state index in [9.17, 15) is 9.90 Å². The van der Waals surface area contributed by atoms with Crippen LogP contribution in [0.1, 0.15) is 53.4 Å². The monoisotopic (exact) mass is 427 g/mol. The van der Waals surface area contributed by atoms with E-state index >= 15 is 0 Å². The lowest BCUT2D eigenvalue weighted by Gasteiger charge is -2.14. The molecule has 4 unspecified atom stereocenters. The van der Waals surface area contributed by atoms with Crippen molar-refractivity contribution in [1.29, 1.82) is 0 Å². The minimum absolute atomic E-state index is 0.0147. The molecule has 4 atom stereocenters. The van der Waals surface area contributed by atoms with Crippen LogP contribution in [0.25, 0.3) is 0 Å². The fourth-order valence-corrected chi connectivity index (χ4v) is 5.04. The highest BCUT2D eigenvalue weighted by Gasteiger charge is 2.72. The molecule has 170 valence electrons. The van der Waals surface area contributed by atoms with Crippen LogP contribution in [0.5, 0.6) is 5.75 Å². The highest BCUT2D eigenvalue weighted by Crippen LogP contribution is 2.71. The molecule has 2 fully saturated rings. The van der Waals surface area contributed by atoms with E-state index in [2.05, 4.69) is 42.8 Å². The van der Waals surface area contributed by atoms with Gasteiger partial charge in [0.25, 0.3) is 0 Å². The van der Waals surface area contributed by atoms with Crippen LogP contribution in [0.4, 0.5) is 0 Å². The van der Waals surface area contributed by atoms with Gasteiger partial charge >= 0.3 is 0 Å². The lowest BCUT2D eigenvalue weighted by atomic mass is 9.90. The van der Waals surface area contributed by atoms with Crippen LogP contribution in [0.2, 0.25) is 0 Å². The Morgan fingerprint density at radius 2 is 1.87 bits per heavy atom. The second-order valence-corrected chi connectivity index (χ2v) is 8.89. The van der Waals surface area contributed by atoms with Gasteiger partial charge in [-0.1, -0.05) is 46.7 Å². The summed E-state index contributed by atoms with van der Waals surface area (Å²) in [4.78, 5) is 18.5. The number of ketones is 1. The Bertz CT molecular complexity index is 828. The number of nitrogens with two attached hydrogens (primary N) is 2. The summed E-state index contributed by atoms with van der Waals surface area (Å²) >= 11 is 0. The fraction of sp³-hybridized carbons (Fsp3) is 0.520. The molecule has 0 saturated heterocycles. The molecule has 2 saturated carbocycles. The van der Waals surface area contributed by atoms with E-state index in [1.807, 2.05) is 44.2 Å². The summed E-state index contributed by atoms with van der Waals surface area (Å²) in [5.41, 5.74) is 3.11. The molecule has 6 nitrogen and oxygen atoms in total. The van der Waals surface area contributed by atoms with Gasteiger partial charge in [-0.05, 0) is 65.0 Å². The number of hydrogen-bond donors (Lipinski definition) is 3. The van der Waals surface area contributed by atoms with E-state index in [4.69, 9.17) is 4.84 Å². The summed E-state index contributed by atoms with van der Waals surface area (Å²) in [5.74, 6) is 9.33. The summed E-state index contributed by atoms with van der Waals surface area (Å²) in [6.07, 6.45) is 7.44. The molecule has 0 heterocycles. The first-order valence-electron chi connectivity index (χ1n) is 10.9. The molecule has 0 spiro atoms.